The van der Waals surface area contributed by atoms with Gasteiger partial charge in [0.15, 0.2) is 0 Å². The van der Waals surface area contributed by atoms with Crippen molar-refractivity contribution in [1.82, 2.24) is 0 Å². The maximum absolute atomic E-state index is 10.7. The summed E-state index contributed by atoms with van der Waals surface area (Å²) in [6.45, 7) is 0.181. The fourth-order valence-corrected chi connectivity index (χ4v) is 1.71. The van der Waals surface area contributed by atoms with Crippen LogP contribution in [-0.4, -0.2) is 4.92 Å². The van der Waals surface area contributed by atoms with Crippen molar-refractivity contribution in [1.29, 1.82) is 5.26 Å². The van der Waals surface area contributed by atoms with Gasteiger partial charge in [-0.15, -0.1) is 0 Å². The largest absolute Gasteiger partial charge is 0.488 e. The molecule has 2 aromatic carbocycles. The van der Waals surface area contributed by atoms with Gasteiger partial charge in [0.25, 0.3) is 5.69 Å². The van der Waals surface area contributed by atoms with E-state index in [4.69, 9.17) is 15.7 Å². The van der Waals surface area contributed by atoms with E-state index < -0.39 is 4.92 Å². The van der Waals surface area contributed by atoms with Gasteiger partial charge in [0.2, 0.25) is 0 Å². The molecule has 0 heterocycles. The number of anilines is 1. The predicted octanol–water partition coefficient (Wildman–Crippen LogP) is 2.63. The first-order valence-corrected chi connectivity index (χ1v) is 5.76. The number of rotatable bonds is 4. The molecule has 0 saturated carbocycles. The molecule has 0 unspecified atom stereocenters. The summed E-state index contributed by atoms with van der Waals surface area (Å²) in [7, 11) is 0. The van der Waals surface area contributed by atoms with Crippen LogP contribution in [0.4, 0.5) is 11.4 Å². The molecule has 0 aliphatic heterocycles. The molecular formula is C14H11N3O3. The lowest BCUT2D eigenvalue weighted by Gasteiger charge is -2.08. The molecule has 0 atom stereocenters. The summed E-state index contributed by atoms with van der Waals surface area (Å²) in [5.41, 5.74) is 6.68. The molecule has 2 N–H and O–H groups in total. The predicted molar refractivity (Wildman–Crippen MR) is 73.0 cm³/mol. The molecule has 0 amide bonds. The van der Waals surface area contributed by atoms with Gasteiger partial charge in [-0.2, -0.15) is 5.26 Å². The topological polar surface area (TPSA) is 102 Å². The Morgan fingerprint density at radius 2 is 2.05 bits per heavy atom. The van der Waals surface area contributed by atoms with Crippen LogP contribution in [0.3, 0.4) is 0 Å². The summed E-state index contributed by atoms with van der Waals surface area (Å²) in [6.07, 6.45) is 0. The van der Waals surface area contributed by atoms with Crippen molar-refractivity contribution in [3.8, 4) is 11.8 Å². The second kappa shape index (κ2) is 5.71. The Hall–Kier alpha value is -3.07. The minimum absolute atomic E-state index is 0.0877. The van der Waals surface area contributed by atoms with Crippen LogP contribution >= 0.6 is 0 Å². The minimum atomic E-state index is -0.537. The van der Waals surface area contributed by atoms with Crippen LogP contribution in [0.5, 0.6) is 5.75 Å². The summed E-state index contributed by atoms with van der Waals surface area (Å²) in [5.74, 6) is 0.465. The lowest BCUT2D eigenvalue weighted by molar-refractivity contribution is -0.383. The van der Waals surface area contributed by atoms with E-state index in [-0.39, 0.29) is 18.0 Å². The van der Waals surface area contributed by atoms with Gasteiger partial charge < -0.3 is 10.5 Å². The zero-order chi connectivity index (χ0) is 14.5. The number of nitrogens with zero attached hydrogens (tertiary/aromatic N) is 2. The summed E-state index contributed by atoms with van der Waals surface area (Å²) in [5, 5.41) is 19.6. The molecule has 100 valence electrons. The molecule has 20 heavy (non-hydrogen) atoms. The van der Waals surface area contributed by atoms with Crippen LogP contribution in [0.25, 0.3) is 0 Å². The van der Waals surface area contributed by atoms with E-state index in [0.29, 0.717) is 16.9 Å². The molecule has 0 aliphatic carbocycles. The first-order valence-electron chi connectivity index (χ1n) is 5.76. The third-order valence-electron chi connectivity index (χ3n) is 2.69. The van der Waals surface area contributed by atoms with Crippen molar-refractivity contribution in [3.63, 3.8) is 0 Å². The van der Waals surface area contributed by atoms with Crippen LogP contribution in [-0.2, 0) is 6.61 Å². The minimum Gasteiger partial charge on any atom is -0.488 e. The van der Waals surface area contributed by atoms with Crippen molar-refractivity contribution >= 4 is 11.4 Å². The number of hydrogen-bond acceptors (Lipinski definition) is 5. The Balaban J connectivity index is 2.14. The molecule has 0 bridgehead atoms. The summed E-state index contributed by atoms with van der Waals surface area (Å²) in [6, 6.07) is 13.3. The number of nitro benzene ring substituents is 1. The van der Waals surface area contributed by atoms with E-state index in [9.17, 15) is 10.1 Å². The summed E-state index contributed by atoms with van der Waals surface area (Å²) in [4.78, 5) is 10.1. The first kappa shape index (κ1) is 13.4. The fourth-order valence-electron chi connectivity index (χ4n) is 1.71. The van der Waals surface area contributed by atoms with E-state index in [1.54, 1.807) is 30.3 Å². The zero-order valence-corrected chi connectivity index (χ0v) is 10.4. The van der Waals surface area contributed by atoms with Gasteiger partial charge in [-0.1, -0.05) is 12.1 Å². The fraction of sp³-hybridized carbons (Fsp3) is 0.0714. The molecule has 0 aromatic heterocycles. The quantitative estimate of drug-likeness (QED) is 0.522. The Kier molecular flexibility index (Phi) is 3.82. The number of nitro groups is 1. The van der Waals surface area contributed by atoms with Crippen LogP contribution < -0.4 is 10.5 Å². The van der Waals surface area contributed by atoms with Crippen LogP contribution in [0.1, 0.15) is 11.1 Å². The normalized spacial score (nSPS) is 9.75. The van der Waals surface area contributed by atoms with Gasteiger partial charge in [0.1, 0.15) is 24.1 Å². The Morgan fingerprint density at radius 1 is 1.30 bits per heavy atom. The van der Waals surface area contributed by atoms with E-state index in [2.05, 4.69) is 0 Å². The molecule has 0 radical (unpaired) electrons. The molecule has 0 aliphatic rings. The van der Waals surface area contributed by atoms with Crippen molar-refractivity contribution in [3.05, 3.63) is 63.7 Å². The molecule has 2 aromatic rings. The highest BCUT2D eigenvalue weighted by Gasteiger charge is 2.11. The lowest BCUT2D eigenvalue weighted by Crippen LogP contribution is -2.00. The molecule has 2 rings (SSSR count). The van der Waals surface area contributed by atoms with Crippen molar-refractivity contribution < 1.29 is 9.66 Å². The molecule has 0 saturated heterocycles. The number of benzene rings is 2. The third kappa shape index (κ3) is 2.84. The van der Waals surface area contributed by atoms with Gasteiger partial charge in [0, 0.05) is 6.07 Å². The monoisotopic (exact) mass is 269 g/mol. The van der Waals surface area contributed by atoms with Crippen LogP contribution in [0.2, 0.25) is 0 Å². The number of hydrogen-bond donors (Lipinski definition) is 1. The van der Waals surface area contributed by atoms with E-state index in [1.807, 2.05) is 6.07 Å². The van der Waals surface area contributed by atoms with E-state index >= 15 is 0 Å². The van der Waals surface area contributed by atoms with E-state index in [0.717, 1.165) is 0 Å². The average Bonchev–Trinajstić information content (AvgIpc) is 2.45. The maximum Gasteiger partial charge on any atom is 0.292 e. The third-order valence-corrected chi connectivity index (χ3v) is 2.69. The van der Waals surface area contributed by atoms with Crippen molar-refractivity contribution in [2.45, 2.75) is 6.61 Å². The molecule has 6 nitrogen and oxygen atoms in total. The van der Waals surface area contributed by atoms with Crippen LogP contribution in [0, 0.1) is 21.4 Å². The molecular weight excluding hydrogens is 258 g/mol. The number of ether oxygens (including phenoxy) is 1. The molecule has 0 fully saturated rings. The maximum atomic E-state index is 10.7. The highest BCUT2D eigenvalue weighted by Crippen LogP contribution is 2.23. The van der Waals surface area contributed by atoms with Gasteiger partial charge in [-0.3, -0.25) is 10.1 Å². The van der Waals surface area contributed by atoms with Gasteiger partial charge in [-0.05, 0) is 29.8 Å². The van der Waals surface area contributed by atoms with Crippen molar-refractivity contribution in [2.75, 3.05) is 5.73 Å². The Bertz CT molecular complexity index is 692. The average molecular weight is 269 g/mol. The van der Waals surface area contributed by atoms with Gasteiger partial charge >= 0.3 is 0 Å². The second-order valence-electron chi connectivity index (χ2n) is 4.05. The van der Waals surface area contributed by atoms with Crippen molar-refractivity contribution in [2.24, 2.45) is 0 Å². The summed E-state index contributed by atoms with van der Waals surface area (Å²) >= 11 is 0. The standard InChI is InChI=1S/C14H11N3O3/c15-8-11-3-1-2-4-14(11)20-9-10-5-6-13(17(18)19)12(16)7-10/h1-7H,9,16H2. The Labute approximate surface area is 115 Å². The second-order valence-corrected chi connectivity index (χ2v) is 4.05. The molecule has 6 heteroatoms. The Morgan fingerprint density at radius 3 is 2.70 bits per heavy atom. The number of nitrogens with two attached hydrogens (primary N) is 1. The molecule has 0 spiro atoms. The van der Waals surface area contributed by atoms with E-state index in [1.165, 1.54) is 12.1 Å². The number of para-hydroxylation sites is 1. The van der Waals surface area contributed by atoms with Gasteiger partial charge in [-0.25, -0.2) is 0 Å². The number of nitriles is 1. The lowest BCUT2D eigenvalue weighted by atomic mass is 10.2. The highest BCUT2D eigenvalue weighted by molar-refractivity contribution is 5.59. The highest BCUT2D eigenvalue weighted by atomic mass is 16.6. The zero-order valence-electron chi connectivity index (χ0n) is 10.4. The van der Waals surface area contributed by atoms with Crippen LogP contribution in [0.15, 0.2) is 42.5 Å². The van der Waals surface area contributed by atoms with Gasteiger partial charge in [0.05, 0.1) is 10.5 Å². The summed E-state index contributed by atoms with van der Waals surface area (Å²) < 4.78 is 5.52. The smallest absolute Gasteiger partial charge is 0.292 e. The first-order chi connectivity index (χ1) is 9.61. The SMILES string of the molecule is N#Cc1ccccc1OCc1ccc([N+](=O)[O-])c(N)c1. The number of nitrogen functional groups attached to an aromatic ring is 1.